The summed E-state index contributed by atoms with van der Waals surface area (Å²) in [4.78, 5) is 9.95. The molecule has 5 nitrogen and oxygen atoms in total. The summed E-state index contributed by atoms with van der Waals surface area (Å²) in [5.74, 6) is 0.956. The van der Waals surface area contributed by atoms with Crippen molar-refractivity contribution in [2.45, 2.75) is 13.0 Å². The molecule has 0 spiro atoms. The summed E-state index contributed by atoms with van der Waals surface area (Å²) >= 11 is 0. The minimum absolute atomic E-state index is 0.401. The fraction of sp³-hybridized carbons (Fsp3) is 0.500. The summed E-state index contributed by atoms with van der Waals surface area (Å²) < 4.78 is 5.49. The fourth-order valence-electron chi connectivity index (χ4n) is 2.54. The molecule has 1 unspecified atom stereocenters. The first-order chi connectivity index (χ1) is 9.22. The number of aromatic nitrogens is 2. The highest BCUT2D eigenvalue weighted by Gasteiger charge is 2.15. The van der Waals surface area contributed by atoms with Crippen molar-refractivity contribution in [3.05, 3.63) is 24.0 Å². The molecule has 19 heavy (non-hydrogen) atoms. The lowest BCUT2D eigenvalue weighted by atomic mass is 10.2. The molecule has 2 N–H and O–H groups in total. The van der Waals surface area contributed by atoms with Gasteiger partial charge < -0.3 is 19.9 Å². The number of morpholine rings is 1. The predicted octanol–water partition coefficient (Wildman–Crippen LogP) is 1.30. The van der Waals surface area contributed by atoms with Crippen molar-refractivity contribution in [3.63, 3.8) is 0 Å². The number of hydrogen-bond acceptors (Lipinski definition) is 4. The molecule has 0 aliphatic carbocycles. The zero-order chi connectivity index (χ0) is 13.2. The lowest BCUT2D eigenvalue weighted by molar-refractivity contribution is 0.0791. The van der Waals surface area contributed by atoms with E-state index in [9.17, 15) is 0 Å². The molecule has 0 bridgehead atoms. The number of benzene rings is 1. The topological polar surface area (TPSA) is 53.2 Å². The Labute approximate surface area is 113 Å². The third-order valence-corrected chi connectivity index (χ3v) is 3.52. The zero-order valence-corrected chi connectivity index (χ0v) is 11.4. The third kappa shape index (κ3) is 2.72. The van der Waals surface area contributed by atoms with Gasteiger partial charge in [-0.25, -0.2) is 4.98 Å². The van der Waals surface area contributed by atoms with Gasteiger partial charge >= 0.3 is 0 Å². The third-order valence-electron chi connectivity index (χ3n) is 3.52. The van der Waals surface area contributed by atoms with Crippen LogP contribution in [-0.4, -0.2) is 49.4 Å². The molecule has 2 heterocycles. The standard InChI is InChI=1S/C14H20N4O/c1-10-16-13-4-3-12(7-14(13)17-10)18(2)8-11-9-19-6-5-15-11/h3-4,7,11,15H,5-6,8-9H2,1-2H3,(H,16,17). The summed E-state index contributed by atoms with van der Waals surface area (Å²) in [5.41, 5.74) is 3.31. The number of nitrogens with one attached hydrogen (secondary N) is 2. The Bertz CT molecular complexity index is 560. The largest absolute Gasteiger partial charge is 0.378 e. The molecule has 5 heteroatoms. The second kappa shape index (κ2) is 5.19. The molecule has 1 fully saturated rings. The number of aromatic amines is 1. The van der Waals surface area contributed by atoms with Crippen molar-refractivity contribution in [2.24, 2.45) is 0 Å². The molecule has 102 valence electrons. The van der Waals surface area contributed by atoms with Crippen molar-refractivity contribution in [2.75, 3.05) is 38.3 Å². The Morgan fingerprint density at radius 1 is 1.47 bits per heavy atom. The van der Waals surface area contributed by atoms with Gasteiger partial charge in [-0.15, -0.1) is 0 Å². The number of fused-ring (bicyclic) bond motifs is 1. The molecular formula is C14H20N4O. The van der Waals surface area contributed by atoms with E-state index >= 15 is 0 Å². The average Bonchev–Trinajstić information content (AvgIpc) is 2.78. The van der Waals surface area contributed by atoms with Crippen LogP contribution in [0.25, 0.3) is 11.0 Å². The number of aryl methyl sites for hydroxylation is 1. The number of hydrogen-bond donors (Lipinski definition) is 2. The van der Waals surface area contributed by atoms with Crippen LogP contribution in [0.1, 0.15) is 5.82 Å². The van der Waals surface area contributed by atoms with E-state index in [1.54, 1.807) is 0 Å². The summed E-state index contributed by atoms with van der Waals surface area (Å²) in [6, 6.07) is 6.73. The van der Waals surface area contributed by atoms with Gasteiger partial charge in [-0.3, -0.25) is 0 Å². The first kappa shape index (κ1) is 12.4. The van der Waals surface area contributed by atoms with Crippen molar-refractivity contribution < 1.29 is 4.74 Å². The number of H-pyrrole nitrogens is 1. The van der Waals surface area contributed by atoms with Gasteiger partial charge in [0.1, 0.15) is 5.82 Å². The smallest absolute Gasteiger partial charge is 0.104 e. The highest BCUT2D eigenvalue weighted by atomic mass is 16.5. The molecule has 3 rings (SSSR count). The maximum Gasteiger partial charge on any atom is 0.104 e. The SMILES string of the molecule is Cc1nc2ccc(N(C)CC3COCCN3)cc2[nH]1. The molecule has 0 saturated carbocycles. The minimum atomic E-state index is 0.401. The molecule has 0 radical (unpaired) electrons. The fourth-order valence-corrected chi connectivity index (χ4v) is 2.54. The van der Waals surface area contributed by atoms with Gasteiger partial charge in [0.05, 0.1) is 24.2 Å². The Balaban J connectivity index is 1.74. The van der Waals surface area contributed by atoms with Crippen LogP contribution in [0.2, 0.25) is 0 Å². The Morgan fingerprint density at radius 3 is 3.16 bits per heavy atom. The second-order valence-electron chi connectivity index (χ2n) is 5.13. The molecule has 1 aliphatic heterocycles. The normalized spacial score (nSPS) is 19.8. The molecule has 1 atom stereocenters. The Kier molecular flexibility index (Phi) is 3.40. The van der Waals surface area contributed by atoms with Crippen molar-refractivity contribution in [1.29, 1.82) is 0 Å². The molecule has 2 aromatic rings. The van der Waals surface area contributed by atoms with Gasteiger partial charge in [-0.2, -0.15) is 0 Å². The van der Waals surface area contributed by atoms with E-state index in [1.807, 2.05) is 6.92 Å². The molecule has 1 saturated heterocycles. The van der Waals surface area contributed by atoms with Gasteiger partial charge in [0.25, 0.3) is 0 Å². The van der Waals surface area contributed by atoms with Crippen LogP contribution >= 0.6 is 0 Å². The van der Waals surface area contributed by atoms with Crippen LogP contribution in [0, 0.1) is 6.92 Å². The van der Waals surface area contributed by atoms with E-state index in [0.717, 1.165) is 43.2 Å². The summed E-state index contributed by atoms with van der Waals surface area (Å²) in [6.07, 6.45) is 0. The first-order valence-corrected chi connectivity index (χ1v) is 6.71. The molecule has 1 aliphatic rings. The molecule has 1 aromatic carbocycles. The first-order valence-electron chi connectivity index (χ1n) is 6.71. The van der Waals surface area contributed by atoms with Crippen molar-refractivity contribution in [3.8, 4) is 0 Å². The summed E-state index contributed by atoms with van der Waals surface area (Å²) in [5, 5.41) is 3.47. The van der Waals surface area contributed by atoms with Gasteiger partial charge in [-0.1, -0.05) is 0 Å². The highest BCUT2D eigenvalue weighted by molar-refractivity contribution is 5.79. The van der Waals surface area contributed by atoms with E-state index in [-0.39, 0.29) is 0 Å². The van der Waals surface area contributed by atoms with Gasteiger partial charge in [-0.05, 0) is 25.1 Å². The van der Waals surface area contributed by atoms with Crippen LogP contribution in [0.5, 0.6) is 0 Å². The van der Waals surface area contributed by atoms with E-state index < -0.39 is 0 Å². The van der Waals surface area contributed by atoms with Crippen LogP contribution in [0.3, 0.4) is 0 Å². The Hall–Kier alpha value is -1.59. The van der Waals surface area contributed by atoms with Crippen LogP contribution < -0.4 is 10.2 Å². The molecule has 1 aromatic heterocycles. The Morgan fingerprint density at radius 2 is 2.37 bits per heavy atom. The van der Waals surface area contributed by atoms with Gasteiger partial charge in [0.15, 0.2) is 0 Å². The number of anilines is 1. The highest BCUT2D eigenvalue weighted by Crippen LogP contribution is 2.20. The molecular weight excluding hydrogens is 240 g/mol. The van der Waals surface area contributed by atoms with Crippen LogP contribution in [0.15, 0.2) is 18.2 Å². The second-order valence-corrected chi connectivity index (χ2v) is 5.13. The average molecular weight is 260 g/mol. The quantitative estimate of drug-likeness (QED) is 0.873. The van der Waals surface area contributed by atoms with E-state index in [4.69, 9.17) is 4.74 Å². The summed E-state index contributed by atoms with van der Waals surface area (Å²) in [6.45, 7) is 5.47. The maximum absolute atomic E-state index is 5.49. The van der Waals surface area contributed by atoms with Crippen LogP contribution in [0.4, 0.5) is 5.69 Å². The number of likely N-dealkylation sites (N-methyl/N-ethyl adjacent to an activating group) is 1. The van der Waals surface area contributed by atoms with E-state index in [2.05, 4.69) is 45.4 Å². The number of rotatable bonds is 3. The summed E-state index contributed by atoms with van der Waals surface area (Å²) in [7, 11) is 2.11. The van der Waals surface area contributed by atoms with Crippen LogP contribution in [-0.2, 0) is 4.74 Å². The number of imidazole rings is 1. The lowest BCUT2D eigenvalue weighted by Gasteiger charge is -2.29. The zero-order valence-electron chi connectivity index (χ0n) is 11.4. The van der Waals surface area contributed by atoms with Gasteiger partial charge in [0, 0.05) is 31.9 Å². The minimum Gasteiger partial charge on any atom is -0.378 e. The van der Waals surface area contributed by atoms with E-state index in [1.165, 1.54) is 5.69 Å². The van der Waals surface area contributed by atoms with Crippen molar-refractivity contribution >= 4 is 16.7 Å². The van der Waals surface area contributed by atoms with Crippen molar-refractivity contribution in [1.82, 2.24) is 15.3 Å². The maximum atomic E-state index is 5.49. The van der Waals surface area contributed by atoms with Gasteiger partial charge in [0.2, 0.25) is 0 Å². The predicted molar refractivity (Wildman–Crippen MR) is 76.7 cm³/mol. The number of ether oxygens (including phenoxy) is 1. The van der Waals surface area contributed by atoms with E-state index in [0.29, 0.717) is 6.04 Å². The monoisotopic (exact) mass is 260 g/mol. The number of nitrogens with zero attached hydrogens (tertiary/aromatic N) is 2. The molecule has 0 amide bonds. The lowest BCUT2D eigenvalue weighted by Crippen LogP contribution is -2.47.